The number of amides is 1. The topological polar surface area (TPSA) is 89.3 Å². The fourth-order valence-electron chi connectivity index (χ4n) is 2.00. The van der Waals surface area contributed by atoms with Crippen molar-refractivity contribution in [1.29, 1.82) is 0 Å². The summed E-state index contributed by atoms with van der Waals surface area (Å²) in [6.07, 6.45) is 2.65. The number of halogens is 1. The number of carbonyl (C=O) groups is 1. The van der Waals surface area contributed by atoms with Gasteiger partial charge in [-0.3, -0.25) is 4.79 Å². The van der Waals surface area contributed by atoms with E-state index in [-0.39, 0.29) is 23.2 Å². The zero-order chi connectivity index (χ0) is 16.3. The molecule has 5 nitrogen and oxygen atoms in total. The third kappa shape index (κ3) is 5.26. The molecule has 0 fully saturated rings. The highest BCUT2D eigenvalue weighted by Crippen LogP contribution is 2.17. The van der Waals surface area contributed by atoms with Gasteiger partial charge in [0.1, 0.15) is 0 Å². The van der Waals surface area contributed by atoms with Crippen molar-refractivity contribution in [2.45, 2.75) is 44.0 Å². The lowest BCUT2D eigenvalue weighted by Gasteiger charge is -2.26. The van der Waals surface area contributed by atoms with Gasteiger partial charge >= 0.3 is 0 Å². The molecule has 0 aromatic heterocycles. The summed E-state index contributed by atoms with van der Waals surface area (Å²) in [5.74, 6) is -0.309. The first kappa shape index (κ1) is 20.9. The first-order valence-corrected chi connectivity index (χ1v) is 8.90. The lowest BCUT2D eigenvalue weighted by molar-refractivity contribution is 0.0942. The van der Waals surface area contributed by atoms with Gasteiger partial charge in [-0.2, -0.15) is 0 Å². The molecule has 1 amide bonds. The highest BCUT2D eigenvalue weighted by Gasteiger charge is 2.22. The number of benzene rings is 1. The van der Waals surface area contributed by atoms with E-state index in [0.717, 1.165) is 19.1 Å². The van der Waals surface area contributed by atoms with Gasteiger partial charge in [0, 0.05) is 23.9 Å². The average molecular weight is 349 g/mol. The zero-order valence-corrected chi connectivity index (χ0v) is 15.1. The van der Waals surface area contributed by atoms with E-state index in [1.54, 1.807) is 19.1 Å². The quantitative estimate of drug-likeness (QED) is 0.823. The van der Waals surface area contributed by atoms with Gasteiger partial charge in [0.15, 0.2) is 9.84 Å². The number of nitrogens with two attached hydrogens (primary N) is 1. The van der Waals surface area contributed by atoms with Crippen molar-refractivity contribution in [3.8, 4) is 0 Å². The lowest BCUT2D eigenvalue weighted by atomic mass is 9.94. The lowest BCUT2D eigenvalue weighted by Crippen LogP contribution is -2.49. The minimum absolute atomic E-state index is 0. The van der Waals surface area contributed by atoms with Gasteiger partial charge in [-0.25, -0.2) is 8.42 Å². The molecule has 0 aliphatic carbocycles. The molecule has 22 heavy (non-hydrogen) atoms. The molecule has 7 heteroatoms. The maximum Gasteiger partial charge on any atom is 0.251 e. The van der Waals surface area contributed by atoms with Crippen LogP contribution in [0.5, 0.6) is 0 Å². The number of hydrogen-bond donors (Lipinski definition) is 2. The summed E-state index contributed by atoms with van der Waals surface area (Å²) in [6, 6.07) is 4.67. The van der Waals surface area contributed by atoms with Crippen LogP contribution in [0, 0.1) is 6.92 Å². The van der Waals surface area contributed by atoms with Gasteiger partial charge in [0.2, 0.25) is 0 Å². The molecule has 0 heterocycles. The Morgan fingerprint density at radius 1 is 1.27 bits per heavy atom. The Balaban J connectivity index is 0.00000441. The second-order valence-corrected chi connectivity index (χ2v) is 7.49. The molecule has 0 radical (unpaired) electrons. The van der Waals surface area contributed by atoms with Crippen LogP contribution in [0.2, 0.25) is 0 Å². The molecule has 1 aromatic rings. The SMILES string of the molecule is CCC(N)(CC)CNC(=O)c1ccc(C)c(S(C)(=O)=O)c1.Cl. The highest BCUT2D eigenvalue weighted by atomic mass is 35.5. The number of sulfone groups is 1. The Bertz CT molecular complexity index is 626. The minimum atomic E-state index is -3.35. The Labute approximate surface area is 139 Å². The van der Waals surface area contributed by atoms with Crippen molar-refractivity contribution < 1.29 is 13.2 Å². The summed E-state index contributed by atoms with van der Waals surface area (Å²) in [5.41, 5.74) is 6.66. The van der Waals surface area contributed by atoms with Gasteiger partial charge in [-0.1, -0.05) is 19.9 Å². The molecule has 126 valence electrons. The van der Waals surface area contributed by atoms with Crippen LogP contribution >= 0.6 is 12.4 Å². The van der Waals surface area contributed by atoms with Crippen LogP contribution in [0.4, 0.5) is 0 Å². The van der Waals surface area contributed by atoms with E-state index >= 15 is 0 Å². The molecule has 1 rings (SSSR count). The molecule has 3 N–H and O–H groups in total. The molecule has 1 aromatic carbocycles. The molecule has 0 saturated heterocycles. The second-order valence-electron chi connectivity index (χ2n) is 5.50. The van der Waals surface area contributed by atoms with Crippen LogP contribution in [0.3, 0.4) is 0 Å². The molecule has 0 spiro atoms. The molecular weight excluding hydrogens is 324 g/mol. The van der Waals surface area contributed by atoms with Crippen molar-refractivity contribution >= 4 is 28.2 Å². The van der Waals surface area contributed by atoms with Crippen LogP contribution in [-0.4, -0.2) is 32.7 Å². The number of carbonyl (C=O) groups excluding carboxylic acids is 1. The Hall–Kier alpha value is -1.11. The Morgan fingerprint density at radius 2 is 1.82 bits per heavy atom. The normalized spacial score (nSPS) is 11.7. The van der Waals surface area contributed by atoms with Crippen molar-refractivity contribution in [1.82, 2.24) is 5.32 Å². The maximum atomic E-state index is 12.2. The van der Waals surface area contributed by atoms with Crippen molar-refractivity contribution in [3.63, 3.8) is 0 Å². The van der Waals surface area contributed by atoms with Gasteiger partial charge < -0.3 is 11.1 Å². The summed E-state index contributed by atoms with van der Waals surface area (Å²) < 4.78 is 23.4. The first-order valence-electron chi connectivity index (χ1n) is 7.00. The fraction of sp³-hybridized carbons (Fsp3) is 0.533. The first-order chi connectivity index (χ1) is 9.63. The molecule has 0 saturated carbocycles. The summed E-state index contributed by atoms with van der Waals surface area (Å²) >= 11 is 0. The van der Waals surface area contributed by atoms with E-state index in [0.29, 0.717) is 17.7 Å². The van der Waals surface area contributed by atoms with E-state index in [1.807, 2.05) is 13.8 Å². The summed E-state index contributed by atoms with van der Waals surface area (Å²) in [4.78, 5) is 12.3. The van der Waals surface area contributed by atoms with Crippen molar-refractivity contribution in [2.75, 3.05) is 12.8 Å². The number of rotatable bonds is 6. The maximum absolute atomic E-state index is 12.2. The largest absolute Gasteiger partial charge is 0.350 e. The van der Waals surface area contributed by atoms with Gasteiger partial charge in [-0.15, -0.1) is 12.4 Å². The summed E-state index contributed by atoms with van der Waals surface area (Å²) in [7, 11) is -3.35. The van der Waals surface area contributed by atoms with Crippen LogP contribution in [0.25, 0.3) is 0 Å². The Morgan fingerprint density at radius 3 is 2.27 bits per heavy atom. The van der Waals surface area contributed by atoms with E-state index in [1.165, 1.54) is 6.07 Å². The molecule has 0 unspecified atom stereocenters. The zero-order valence-electron chi connectivity index (χ0n) is 13.5. The van der Waals surface area contributed by atoms with Crippen LogP contribution in [0.1, 0.15) is 42.6 Å². The Kier molecular flexibility index (Phi) is 7.54. The van der Waals surface area contributed by atoms with Crippen LogP contribution < -0.4 is 11.1 Å². The van der Waals surface area contributed by atoms with Gasteiger partial charge in [0.25, 0.3) is 5.91 Å². The number of hydrogen-bond acceptors (Lipinski definition) is 4. The van der Waals surface area contributed by atoms with Gasteiger partial charge in [-0.05, 0) is 37.5 Å². The third-order valence-electron chi connectivity index (χ3n) is 3.86. The third-order valence-corrected chi connectivity index (χ3v) is 5.10. The van der Waals surface area contributed by atoms with E-state index in [9.17, 15) is 13.2 Å². The molecule has 0 aliphatic rings. The minimum Gasteiger partial charge on any atom is -0.350 e. The average Bonchev–Trinajstić information content (AvgIpc) is 2.43. The van der Waals surface area contributed by atoms with Crippen LogP contribution in [-0.2, 0) is 9.84 Å². The number of nitrogens with one attached hydrogen (secondary N) is 1. The standard InChI is InChI=1S/C15H24N2O3S.ClH/c1-5-15(16,6-2)10-17-14(18)12-8-7-11(3)13(9-12)21(4,19)20;/h7-9H,5-6,10,16H2,1-4H3,(H,17,18);1H. The van der Waals surface area contributed by atoms with Crippen molar-refractivity contribution in [2.24, 2.45) is 5.73 Å². The fourth-order valence-corrected chi connectivity index (χ4v) is 2.99. The number of aryl methyl sites for hydroxylation is 1. The van der Waals surface area contributed by atoms with Crippen LogP contribution in [0.15, 0.2) is 23.1 Å². The smallest absolute Gasteiger partial charge is 0.251 e. The highest BCUT2D eigenvalue weighted by molar-refractivity contribution is 7.90. The monoisotopic (exact) mass is 348 g/mol. The van der Waals surface area contributed by atoms with Gasteiger partial charge in [0.05, 0.1) is 4.90 Å². The second kappa shape index (κ2) is 7.94. The van der Waals surface area contributed by atoms with E-state index in [4.69, 9.17) is 5.73 Å². The van der Waals surface area contributed by atoms with Crippen molar-refractivity contribution in [3.05, 3.63) is 29.3 Å². The molecule has 0 atom stereocenters. The van der Waals surface area contributed by atoms with E-state index < -0.39 is 15.4 Å². The van der Waals surface area contributed by atoms with E-state index in [2.05, 4.69) is 5.32 Å². The molecule has 0 bridgehead atoms. The molecule has 0 aliphatic heterocycles. The predicted octanol–water partition coefficient (Wildman–Crippen LogP) is 2.07. The predicted molar refractivity (Wildman–Crippen MR) is 91.4 cm³/mol. The molecular formula is C15H25ClN2O3S. The summed E-state index contributed by atoms with van der Waals surface area (Å²) in [6.45, 7) is 6.02. The summed E-state index contributed by atoms with van der Waals surface area (Å²) in [5, 5.41) is 2.78.